The number of nitrogens with zero attached hydrogens (tertiary/aromatic N) is 2. The summed E-state index contributed by atoms with van der Waals surface area (Å²) in [7, 11) is 3.76. The number of hydrogen-bond donors (Lipinski definition) is 1. The number of benzene rings is 2. The number of rotatable bonds is 5. The van der Waals surface area contributed by atoms with Crippen molar-refractivity contribution in [1.29, 1.82) is 0 Å². The van der Waals surface area contributed by atoms with Crippen molar-refractivity contribution >= 4 is 23.2 Å². The summed E-state index contributed by atoms with van der Waals surface area (Å²) in [5.74, 6) is 0.767. The molecule has 2 saturated heterocycles. The molecule has 2 aromatic rings. The highest BCUT2D eigenvalue weighted by Gasteiger charge is 2.44. The van der Waals surface area contributed by atoms with Gasteiger partial charge in [0, 0.05) is 43.4 Å². The molecule has 2 aliphatic heterocycles. The van der Waals surface area contributed by atoms with Gasteiger partial charge in [0.15, 0.2) is 0 Å². The molecule has 1 unspecified atom stereocenters. The first-order valence-electron chi connectivity index (χ1n) is 10.7. The molecular weight excluding hydrogens is 414 g/mol. The van der Waals surface area contributed by atoms with Gasteiger partial charge in [-0.2, -0.15) is 0 Å². The lowest BCUT2D eigenvalue weighted by Gasteiger charge is -2.48. The van der Waals surface area contributed by atoms with E-state index in [9.17, 15) is 4.79 Å². The molecule has 0 saturated carbocycles. The lowest BCUT2D eigenvalue weighted by atomic mass is 9.88. The maximum atomic E-state index is 12.9. The van der Waals surface area contributed by atoms with E-state index in [-0.39, 0.29) is 11.5 Å². The monoisotopic (exact) mass is 443 g/mol. The first-order chi connectivity index (χ1) is 14.9. The predicted molar refractivity (Wildman–Crippen MR) is 123 cm³/mol. The Balaban J connectivity index is 1.36. The average Bonchev–Trinajstić information content (AvgIpc) is 2.75. The number of nitrogens with one attached hydrogen (secondary N) is 1. The minimum absolute atomic E-state index is 0.119. The molecule has 7 heteroatoms. The van der Waals surface area contributed by atoms with E-state index in [2.05, 4.69) is 34.3 Å². The van der Waals surface area contributed by atoms with Gasteiger partial charge in [-0.25, -0.2) is 0 Å². The van der Waals surface area contributed by atoms with Crippen molar-refractivity contribution in [2.24, 2.45) is 0 Å². The Morgan fingerprint density at radius 2 is 2.00 bits per heavy atom. The normalized spacial score (nSPS) is 21.7. The van der Waals surface area contributed by atoms with Crippen LogP contribution in [0.3, 0.4) is 0 Å². The Labute approximate surface area is 189 Å². The summed E-state index contributed by atoms with van der Waals surface area (Å²) < 4.78 is 11.8. The molecule has 166 valence electrons. The molecule has 2 fully saturated rings. The zero-order chi connectivity index (χ0) is 21.8. The van der Waals surface area contributed by atoms with E-state index in [0.717, 1.165) is 44.8 Å². The highest BCUT2D eigenvalue weighted by molar-refractivity contribution is 6.30. The second kappa shape index (κ2) is 9.57. The number of amides is 1. The summed E-state index contributed by atoms with van der Waals surface area (Å²) in [6, 6.07) is 15.4. The number of hydrogen-bond acceptors (Lipinski definition) is 5. The Kier molecular flexibility index (Phi) is 6.82. The topological polar surface area (TPSA) is 54.0 Å². The van der Waals surface area contributed by atoms with Gasteiger partial charge < -0.3 is 19.7 Å². The average molecular weight is 444 g/mol. The van der Waals surface area contributed by atoms with E-state index in [1.807, 2.05) is 24.3 Å². The molecule has 1 spiro atoms. The zero-order valence-electron chi connectivity index (χ0n) is 18.1. The van der Waals surface area contributed by atoms with Crippen molar-refractivity contribution in [3.8, 4) is 5.75 Å². The number of piperidine rings is 1. The molecule has 0 aliphatic carbocycles. The summed E-state index contributed by atoms with van der Waals surface area (Å²) >= 11 is 6.04. The summed E-state index contributed by atoms with van der Waals surface area (Å²) in [4.78, 5) is 17.5. The smallest absolute Gasteiger partial charge is 0.254 e. The van der Waals surface area contributed by atoms with Crippen LogP contribution in [0.1, 0.15) is 18.4 Å². The summed E-state index contributed by atoms with van der Waals surface area (Å²) in [5.41, 5.74) is 1.65. The van der Waals surface area contributed by atoms with Gasteiger partial charge in [0.2, 0.25) is 0 Å². The molecule has 2 heterocycles. The van der Waals surface area contributed by atoms with Crippen LogP contribution in [-0.2, 0) is 16.1 Å². The Morgan fingerprint density at radius 1 is 1.23 bits per heavy atom. The van der Waals surface area contributed by atoms with E-state index in [1.165, 1.54) is 5.56 Å². The maximum Gasteiger partial charge on any atom is 0.254 e. The largest absolute Gasteiger partial charge is 0.497 e. The van der Waals surface area contributed by atoms with E-state index in [4.69, 9.17) is 21.1 Å². The van der Waals surface area contributed by atoms with E-state index in [0.29, 0.717) is 17.3 Å². The fraction of sp³-hybridized carbons (Fsp3) is 0.458. The lowest BCUT2D eigenvalue weighted by molar-refractivity contribution is -0.178. The first-order valence-corrected chi connectivity index (χ1v) is 11.1. The number of morpholine rings is 1. The summed E-state index contributed by atoms with van der Waals surface area (Å²) in [6.07, 6.45) is 1.31. The highest BCUT2D eigenvalue weighted by Crippen LogP contribution is 2.33. The molecule has 2 aromatic carbocycles. The van der Waals surface area contributed by atoms with Crippen LogP contribution in [0.5, 0.6) is 5.75 Å². The molecule has 0 aromatic heterocycles. The standard InChI is InChI=1S/C24H30ClN3O3/c1-27-16-22(23(29)26-20-7-4-6-19(25)14-20)31-24(17-27)9-11-28(12-10-24)15-18-5-3-8-21(13-18)30-2/h3-8,13-14,22H,9-12,15-17H2,1-2H3,(H,26,29). The maximum absolute atomic E-state index is 12.9. The molecule has 4 rings (SSSR count). The Morgan fingerprint density at radius 3 is 2.74 bits per heavy atom. The van der Waals surface area contributed by atoms with Crippen LogP contribution < -0.4 is 10.1 Å². The number of likely N-dealkylation sites (tertiary alicyclic amines) is 1. The van der Waals surface area contributed by atoms with E-state index < -0.39 is 6.10 Å². The quantitative estimate of drug-likeness (QED) is 0.764. The number of halogens is 1. The molecule has 0 radical (unpaired) electrons. The molecule has 2 aliphatic rings. The van der Waals surface area contributed by atoms with Crippen molar-refractivity contribution in [3.05, 3.63) is 59.1 Å². The number of carbonyl (C=O) groups excluding carboxylic acids is 1. The van der Waals surface area contributed by atoms with Crippen LogP contribution in [-0.4, -0.2) is 67.7 Å². The van der Waals surface area contributed by atoms with Gasteiger partial charge in [-0.05, 0) is 55.8 Å². The van der Waals surface area contributed by atoms with Gasteiger partial charge >= 0.3 is 0 Å². The highest BCUT2D eigenvalue weighted by atomic mass is 35.5. The van der Waals surface area contributed by atoms with Gasteiger partial charge in [-0.1, -0.05) is 29.8 Å². The van der Waals surface area contributed by atoms with Crippen LogP contribution in [0.4, 0.5) is 5.69 Å². The van der Waals surface area contributed by atoms with Gasteiger partial charge in [-0.3, -0.25) is 9.69 Å². The number of anilines is 1. The third kappa shape index (κ3) is 5.57. The van der Waals surface area contributed by atoms with Crippen LogP contribution in [0.15, 0.2) is 48.5 Å². The van der Waals surface area contributed by atoms with Crippen LogP contribution in [0.25, 0.3) is 0 Å². The molecule has 1 amide bonds. The number of ether oxygens (including phenoxy) is 2. The lowest BCUT2D eigenvalue weighted by Crippen LogP contribution is -2.60. The van der Waals surface area contributed by atoms with Gasteiger partial charge in [0.05, 0.1) is 12.7 Å². The fourth-order valence-electron chi connectivity index (χ4n) is 4.56. The van der Waals surface area contributed by atoms with Crippen molar-refractivity contribution in [2.45, 2.75) is 31.1 Å². The Bertz CT molecular complexity index is 914. The minimum Gasteiger partial charge on any atom is -0.497 e. The molecule has 1 N–H and O–H groups in total. The van der Waals surface area contributed by atoms with Crippen molar-refractivity contribution < 1.29 is 14.3 Å². The molecular formula is C24H30ClN3O3. The van der Waals surface area contributed by atoms with Gasteiger partial charge in [-0.15, -0.1) is 0 Å². The summed E-state index contributed by atoms with van der Waals surface area (Å²) in [5, 5.41) is 3.55. The summed E-state index contributed by atoms with van der Waals surface area (Å²) in [6.45, 7) is 4.20. The van der Waals surface area contributed by atoms with Crippen LogP contribution >= 0.6 is 11.6 Å². The minimum atomic E-state index is -0.498. The molecule has 0 bridgehead atoms. The predicted octanol–water partition coefficient (Wildman–Crippen LogP) is 3.65. The molecule has 6 nitrogen and oxygen atoms in total. The van der Waals surface area contributed by atoms with E-state index in [1.54, 1.807) is 19.2 Å². The van der Waals surface area contributed by atoms with Crippen molar-refractivity contribution in [3.63, 3.8) is 0 Å². The third-order valence-corrected chi connectivity index (χ3v) is 6.36. The van der Waals surface area contributed by atoms with E-state index >= 15 is 0 Å². The Hall–Kier alpha value is -2.12. The third-order valence-electron chi connectivity index (χ3n) is 6.12. The fourth-order valence-corrected chi connectivity index (χ4v) is 4.76. The second-order valence-corrected chi connectivity index (χ2v) is 9.05. The van der Waals surface area contributed by atoms with Gasteiger partial charge in [0.1, 0.15) is 11.9 Å². The number of methoxy groups -OCH3 is 1. The second-order valence-electron chi connectivity index (χ2n) is 8.61. The molecule has 31 heavy (non-hydrogen) atoms. The number of likely N-dealkylation sites (N-methyl/N-ethyl adjacent to an activating group) is 1. The first kappa shape index (κ1) is 22.1. The van der Waals surface area contributed by atoms with Gasteiger partial charge in [0.25, 0.3) is 5.91 Å². The molecule has 1 atom stereocenters. The van der Waals surface area contributed by atoms with Crippen molar-refractivity contribution in [2.75, 3.05) is 45.7 Å². The zero-order valence-corrected chi connectivity index (χ0v) is 18.9. The van der Waals surface area contributed by atoms with Crippen LogP contribution in [0.2, 0.25) is 5.02 Å². The van der Waals surface area contributed by atoms with Crippen LogP contribution in [0, 0.1) is 0 Å². The van der Waals surface area contributed by atoms with Crippen molar-refractivity contribution in [1.82, 2.24) is 9.80 Å². The SMILES string of the molecule is COc1cccc(CN2CCC3(CC2)CN(C)CC(C(=O)Nc2cccc(Cl)c2)O3)c1. The number of carbonyl (C=O) groups is 1.